The summed E-state index contributed by atoms with van der Waals surface area (Å²) in [6.07, 6.45) is 6.09. The zero-order valence-electron chi connectivity index (χ0n) is 11.4. The quantitative estimate of drug-likeness (QED) is 0.722. The molecule has 0 aromatic carbocycles. The van der Waals surface area contributed by atoms with Gasteiger partial charge >= 0.3 is 0 Å². The van der Waals surface area contributed by atoms with Crippen LogP contribution in [0.25, 0.3) is 0 Å². The lowest BCUT2D eigenvalue weighted by atomic mass is 9.76. The number of hydrogen-bond acceptors (Lipinski definition) is 2. The number of aliphatic hydroxyl groups excluding tert-OH is 1. The van der Waals surface area contributed by atoms with Gasteiger partial charge in [-0.1, -0.05) is 23.8 Å². The molecule has 1 aliphatic rings. The molecular formula is C15H26O2. The monoisotopic (exact) mass is 238 g/mol. The summed E-state index contributed by atoms with van der Waals surface area (Å²) in [5, 5.41) is 20.2. The Morgan fingerprint density at radius 2 is 2.29 bits per heavy atom. The molecule has 0 fully saturated rings. The summed E-state index contributed by atoms with van der Waals surface area (Å²) in [7, 11) is 0. The van der Waals surface area contributed by atoms with Gasteiger partial charge in [-0.2, -0.15) is 0 Å². The van der Waals surface area contributed by atoms with Crippen molar-refractivity contribution in [1.82, 2.24) is 0 Å². The third-order valence-corrected chi connectivity index (χ3v) is 4.01. The molecule has 2 heteroatoms. The van der Waals surface area contributed by atoms with Crippen LogP contribution in [0.2, 0.25) is 0 Å². The minimum atomic E-state index is -0.673. The smallest absolute Gasteiger partial charge is 0.0745 e. The summed E-state index contributed by atoms with van der Waals surface area (Å²) >= 11 is 0. The fourth-order valence-corrected chi connectivity index (χ4v) is 2.41. The van der Waals surface area contributed by atoms with Crippen LogP contribution < -0.4 is 0 Å². The second-order valence-corrected chi connectivity index (χ2v) is 5.78. The topological polar surface area (TPSA) is 40.5 Å². The van der Waals surface area contributed by atoms with Crippen LogP contribution in [0.1, 0.15) is 52.9 Å². The fraction of sp³-hybridized carbons (Fsp3) is 0.733. The molecule has 2 nitrogen and oxygen atoms in total. The molecule has 2 N–H and O–H groups in total. The lowest BCUT2D eigenvalue weighted by Crippen LogP contribution is -2.36. The molecule has 0 aromatic rings. The Morgan fingerprint density at radius 3 is 2.76 bits per heavy atom. The Balaban J connectivity index is 2.48. The zero-order valence-corrected chi connectivity index (χ0v) is 11.4. The van der Waals surface area contributed by atoms with Crippen molar-refractivity contribution in [1.29, 1.82) is 0 Å². The van der Waals surface area contributed by atoms with Gasteiger partial charge in [0.2, 0.25) is 0 Å². The van der Waals surface area contributed by atoms with Crippen molar-refractivity contribution in [3.05, 3.63) is 23.8 Å². The van der Waals surface area contributed by atoms with Gasteiger partial charge in [0.1, 0.15) is 0 Å². The van der Waals surface area contributed by atoms with Gasteiger partial charge in [0.25, 0.3) is 0 Å². The second-order valence-electron chi connectivity index (χ2n) is 5.78. The number of aliphatic hydroxyl groups is 2. The normalized spacial score (nSPS) is 25.9. The molecular weight excluding hydrogens is 212 g/mol. The van der Waals surface area contributed by atoms with E-state index in [9.17, 15) is 10.2 Å². The van der Waals surface area contributed by atoms with E-state index in [4.69, 9.17) is 0 Å². The molecule has 0 radical (unpaired) electrons. The largest absolute Gasteiger partial charge is 0.390 e. The first kappa shape index (κ1) is 14.5. The molecule has 98 valence electrons. The average molecular weight is 238 g/mol. The standard InChI is InChI=1S/C15H26O2/c1-11(2)14(16)9-10-15(4,17)13-7-5-12(3)6-8-13/h5,13-14,16-17H,1,6-10H2,2-4H3/t13-,14+,15-/m0/s1. The molecule has 0 aromatic heterocycles. The maximum Gasteiger partial charge on any atom is 0.0745 e. The van der Waals surface area contributed by atoms with E-state index in [0.717, 1.165) is 24.8 Å². The third-order valence-electron chi connectivity index (χ3n) is 4.01. The Kier molecular flexibility index (Phi) is 4.96. The van der Waals surface area contributed by atoms with E-state index in [-0.39, 0.29) is 0 Å². The minimum absolute atomic E-state index is 0.323. The molecule has 0 unspecified atom stereocenters. The molecule has 1 aliphatic carbocycles. The third kappa shape index (κ3) is 4.29. The van der Waals surface area contributed by atoms with E-state index < -0.39 is 11.7 Å². The van der Waals surface area contributed by atoms with E-state index in [0.29, 0.717) is 18.8 Å². The van der Waals surface area contributed by atoms with Gasteiger partial charge < -0.3 is 10.2 Å². The van der Waals surface area contributed by atoms with Gasteiger partial charge in [-0.05, 0) is 58.8 Å². The van der Waals surface area contributed by atoms with Gasteiger partial charge in [-0.25, -0.2) is 0 Å². The van der Waals surface area contributed by atoms with Crippen molar-refractivity contribution in [3.8, 4) is 0 Å². The van der Waals surface area contributed by atoms with Crippen LogP contribution in [0.5, 0.6) is 0 Å². The van der Waals surface area contributed by atoms with Crippen molar-refractivity contribution >= 4 is 0 Å². The highest BCUT2D eigenvalue weighted by Gasteiger charge is 2.32. The van der Waals surface area contributed by atoms with E-state index in [2.05, 4.69) is 19.6 Å². The maximum atomic E-state index is 10.5. The van der Waals surface area contributed by atoms with Crippen LogP contribution >= 0.6 is 0 Å². The number of hydrogen-bond donors (Lipinski definition) is 2. The van der Waals surface area contributed by atoms with Crippen LogP contribution in [0.15, 0.2) is 23.8 Å². The highest BCUT2D eigenvalue weighted by Crippen LogP contribution is 2.35. The van der Waals surface area contributed by atoms with Crippen molar-refractivity contribution < 1.29 is 10.2 Å². The van der Waals surface area contributed by atoms with Crippen molar-refractivity contribution in [2.45, 2.75) is 64.6 Å². The van der Waals surface area contributed by atoms with Crippen LogP contribution in [-0.4, -0.2) is 21.9 Å². The molecule has 0 saturated heterocycles. The minimum Gasteiger partial charge on any atom is -0.390 e. The average Bonchev–Trinajstić information content (AvgIpc) is 2.26. The molecule has 17 heavy (non-hydrogen) atoms. The molecule has 0 aliphatic heterocycles. The van der Waals surface area contributed by atoms with E-state index in [1.54, 1.807) is 0 Å². The molecule has 0 heterocycles. The molecule has 3 atom stereocenters. The predicted molar refractivity (Wildman–Crippen MR) is 71.8 cm³/mol. The maximum absolute atomic E-state index is 10.5. The summed E-state index contributed by atoms with van der Waals surface area (Å²) in [5.74, 6) is 0.323. The Hall–Kier alpha value is -0.600. The Morgan fingerprint density at radius 1 is 1.65 bits per heavy atom. The van der Waals surface area contributed by atoms with Crippen LogP contribution in [0.3, 0.4) is 0 Å². The van der Waals surface area contributed by atoms with Gasteiger partial charge in [-0.3, -0.25) is 0 Å². The lowest BCUT2D eigenvalue weighted by Gasteiger charge is -2.35. The molecule has 0 bridgehead atoms. The fourth-order valence-electron chi connectivity index (χ4n) is 2.41. The highest BCUT2D eigenvalue weighted by atomic mass is 16.3. The first-order chi connectivity index (χ1) is 7.83. The molecule has 0 spiro atoms. The summed E-state index contributed by atoms with van der Waals surface area (Å²) in [4.78, 5) is 0. The van der Waals surface area contributed by atoms with Crippen LogP contribution in [0.4, 0.5) is 0 Å². The lowest BCUT2D eigenvalue weighted by molar-refractivity contribution is -0.0216. The second kappa shape index (κ2) is 5.83. The number of rotatable bonds is 5. The van der Waals surface area contributed by atoms with Crippen molar-refractivity contribution in [2.75, 3.05) is 0 Å². The number of allylic oxidation sites excluding steroid dienone is 2. The van der Waals surface area contributed by atoms with E-state index in [1.165, 1.54) is 5.57 Å². The molecule has 0 amide bonds. The van der Waals surface area contributed by atoms with Crippen molar-refractivity contribution in [2.24, 2.45) is 5.92 Å². The van der Waals surface area contributed by atoms with Crippen LogP contribution in [0, 0.1) is 5.92 Å². The Bertz CT molecular complexity index is 302. The first-order valence-electron chi connectivity index (χ1n) is 6.54. The predicted octanol–water partition coefficient (Wildman–Crippen LogP) is 3.20. The van der Waals surface area contributed by atoms with Gasteiger partial charge in [0, 0.05) is 0 Å². The zero-order chi connectivity index (χ0) is 13.1. The van der Waals surface area contributed by atoms with Crippen LogP contribution in [-0.2, 0) is 0 Å². The SMILES string of the molecule is C=C(C)[C@H](O)CC[C@](C)(O)[C@H]1CC=C(C)CC1. The van der Waals surface area contributed by atoms with Crippen molar-refractivity contribution in [3.63, 3.8) is 0 Å². The summed E-state index contributed by atoms with van der Waals surface area (Å²) in [6, 6.07) is 0. The summed E-state index contributed by atoms with van der Waals surface area (Å²) in [6.45, 7) is 9.61. The van der Waals surface area contributed by atoms with Gasteiger partial charge in [0.05, 0.1) is 11.7 Å². The highest BCUT2D eigenvalue weighted by molar-refractivity contribution is 5.06. The molecule has 0 saturated carbocycles. The van der Waals surface area contributed by atoms with Gasteiger partial charge in [0.15, 0.2) is 0 Å². The Labute approximate surface area is 105 Å². The van der Waals surface area contributed by atoms with E-state index in [1.807, 2.05) is 13.8 Å². The first-order valence-corrected chi connectivity index (χ1v) is 6.54. The van der Waals surface area contributed by atoms with Gasteiger partial charge in [-0.15, -0.1) is 0 Å². The molecule has 1 rings (SSSR count). The summed E-state index contributed by atoms with van der Waals surface area (Å²) in [5.41, 5.74) is 1.53. The summed E-state index contributed by atoms with van der Waals surface area (Å²) < 4.78 is 0. The van der Waals surface area contributed by atoms with E-state index >= 15 is 0 Å².